The Hall–Kier alpha value is -2.86. The third kappa shape index (κ3) is 5.31. The number of rotatable bonds is 7. The lowest BCUT2D eigenvalue weighted by molar-refractivity contribution is -0.115. The van der Waals surface area contributed by atoms with Crippen molar-refractivity contribution < 1.29 is 9.53 Å². The van der Waals surface area contributed by atoms with Crippen LogP contribution in [0.1, 0.15) is 15.6 Å². The van der Waals surface area contributed by atoms with Gasteiger partial charge in [-0.3, -0.25) is 4.79 Å². The van der Waals surface area contributed by atoms with Gasteiger partial charge >= 0.3 is 0 Å². The number of ether oxygens (including phenoxy) is 1. The maximum absolute atomic E-state index is 12.4. The van der Waals surface area contributed by atoms with Crippen LogP contribution in [0.4, 0.5) is 11.4 Å². The van der Waals surface area contributed by atoms with E-state index in [9.17, 15) is 4.79 Å². The third-order valence-corrected chi connectivity index (χ3v) is 5.16. The molecule has 0 aliphatic carbocycles. The monoisotopic (exact) mass is 381 g/mol. The van der Waals surface area contributed by atoms with Crippen molar-refractivity contribution in [3.05, 3.63) is 70.2 Å². The highest BCUT2D eigenvalue weighted by molar-refractivity contribution is 7.11. The number of para-hydroxylation sites is 1. The predicted octanol–water partition coefficient (Wildman–Crippen LogP) is 4.28. The van der Waals surface area contributed by atoms with Gasteiger partial charge in [-0.1, -0.05) is 18.2 Å². The molecule has 1 heterocycles. The van der Waals surface area contributed by atoms with Crippen molar-refractivity contribution in [3.8, 4) is 5.75 Å². The number of nitrogens with one attached hydrogen (secondary N) is 1. The van der Waals surface area contributed by atoms with E-state index in [1.807, 2.05) is 80.5 Å². The lowest BCUT2D eigenvalue weighted by atomic mass is 10.2. The van der Waals surface area contributed by atoms with Gasteiger partial charge in [-0.05, 0) is 43.3 Å². The molecule has 6 heteroatoms. The molecule has 0 fully saturated rings. The number of aromatic nitrogens is 1. The van der Waals surface area contributed by atoms with Crippen molar-refractivity contribution >= 4 is 28.6 Å². The molecule has 27 heavy (non-hydrogen) atoms. The van der Waals surface area contributed by atoms with Gasteiger partial charge in [0.15, 0.2) is 0 Å². The van der Waals surface area contributed by atoms with Crippen LogP contribution in [0.15, 0.2) is 54.6 Å². The molecule has 0 spiro atoms. The van der Waals surface area contributed by atoms with Crippen molar-refractivity contribution in [1.29, 1.82) is 0 Å². The summed E-state index contributed by atoms with van der Waals surface area (Å²) in [5, 5.41) is 3.81. The van der Waals surface area contributed by atoms with Crippen LogP contribution in [0.25, 0.3) is 0 Å². The number of thiazole rings is 1. The third-order valence-electron chi connectivity index (χ3n) is 4.03. The van der Waals surface area contributed by atoms with E-state index in [0.717, 1.165) is 32.7 Å². The number of hydrogen-bond donors (Lipinski definition) is 1. The Kier molecular flexibility index (Phi) is 6.08. The Bertz CT molecular complexity index is 890. The van der Waals surface area contributed by atoms with Gasteiger partial charge in [-0.2, -0.15) is 0 Å². The van der Waals surface area contributed by atoms with Gasteiger partial charge in [0, 0.05) is 30.3 Å². The van der Waals surface area contributed by atoms with E-state index in [-0.39, 0.29) is 5.91 Å². The number of benzene rings is 2. The average Bonchev–Trinajstić information content (AvgIpc) is 3.00. The zero-order chi connectivity index (χ0) is 19.2. The summed E-state index contributed by atoms with van der Waals surface area (Å²) in [6, 6.07) is 17.4. The number of nitrogens with zero attached hydrogens (tertiary/aromatic N) is 2. The summed E-state index contributed by atoms with van der Waals surface area (Å²) < 4.78 is 5.73. The molecule has 140 valence electrons. The second-order valence-electron chi connectivity index (χ2n) is 6.38. The lowest BCUT2D eigenvalue weighted by Crippen LogP contribution is -2.14. The first-order valence-electron chi connectivity index (χ1n) is 8.71. The molecule has 1 N–H and O–H groups in total. The molecule has 1 amide bonds. The Morgan fingerprint density at radius 1 is 1.11 bits per heavy atom. The van der Waals surface area contributed by atoms with Crippen molar-refractivity contribution in [2.45, 2.75) is 20.0 Å². The van der Waals surface area contributed by atoms with Crippen LogP contribution in [0.5, 0.6) is 5.75 Å². The number of carbonyl (C=O) groups is 1. The van der Waals surface area contributed by atoms with Gasteiger partial charge in [0.05, 0.1) is 12.1 Å². The first-order valence-corrected chi connectivity index (χ1v) is 9.53. The fourth-order valence-electron chi connectivity index (χ4n) is 2.57. The minimum atomic E-state index is -0.0464. The maximum Gasteiger partial charge on any atom is 0.229 e. The standard InChI is InChI=1S/C21H23N3O2S/c1-15-19(27-21(22-15)14-26-18-7-5-4-6-8-18)13-20(25)23-16-9-11-17(12-10-16)24(2)3/h4-12H,13-14H2,1-3H3,(H,23,25). The highest BCUT2D eigenvalue weighted by atomic mass is 32.1. The van der Waals surface area contributed by atoms with E-state index < -0.39 is 0 Å². The highest BCUT2D eigenvalue weighted by Gasteiger charge is 2.13. The van der Waals surface area contributed by atoms with Crippen LogP contribution >= 0.6 is 11.3 Å². The van der Waals surface area contributed by atoms with Crippen LogP contribution in [-0.4, -0.2) is 25.0 Å². The number of anilines is 2. The number of aryl methyl sites for hydroxylation is 1. The summed E-state index contributed by atoms with van der Waals surface area (Å²) in [7, 11) is 3.97. The van der Waals surface area contributed by atoms with E-state index in [1.165, 1.54) is 11.3 Å². The van der Waals surface area contributed by atoms with Gasteiger partial charge in [-0.25, -0.2) is 4.98 Å². The molecule has 0 bridgehead atoms. The average molecular weight is 382 g/mol. The summed E-state index contributed by atoms with van der Waals surface area (Å²) >= 11 is 1.52. The van der Waals surface area contributed by atoms with Crippen LogP contribution in [0.2, 0.25) is 0 Å². The quantitative estimate of drug-likeness (QED) is 0.664. The molecule has 0 aliphatic rings. The summed E-state index contributed by atoms with van der Waals surface area (Å²) in [5.41, 5.74) is 2.76. The van der Waals surface area contributed by atoms with Gasteiger partial charge in [0.1, 0.15) is 17.4 Å². The Morgan fingerprint density at radius 3 is 2.48 bits per heavy atom. The Balaban J connectivity index is 1.56. The molecule has 3 aromatic rings. The minimum absolute atomic E-state index is 0.0464. The lowest BCUT2D eigenvalue weighted by Gasteiger charge is -2.13. The SMILES string of the molecule is Cc1nc(COc2ccccc2)sc1CC(=O)Nc1ccc(N(C)C)cc1. The van der Waals surface area contributed by atoms with Crippen molar-refractivity contribution in [1.82, 2.24) is 4.98 Å². The summed E-state index contributed by atoms with van der Waals surface area (Å²) in [6.07, 6.45) is 0.310. The normalized spacial score (nSPS) is 10.5. The molecular formula is C21H23N3O2S. The zero-order valence-corrected chi connectivity index (χ0v) is 16.5. The van der Waals surface area contributed by atoms with E-state index >= 15 is 0 Å². The molecule has 0 saturated carbocycles. The Labute approximate surface area is 163 Å². The molecule has 2 aromatic carbocycles. The minimum Gasteiger partial charge on any atom is -0.486 e. The number of amides is 1. The molecule has 0 unspecified atom stereocenters. The fraction of sp³-hybridized carbons (Fsp3) is 0.238. The van der Waals surface area contributed by atoms with Crippen molar-refractivity contribution in [3.63, 3.8) is 0 Å². The molecule has 0 radical (unpaired) electrons. The van der Waals surface area contributed by atoms with E-state index in [2.05, 4.69) is 10.3 Å². The summed E-state index contributed by atoms with van der Waals surface area (Å²) in [4.78, 5) is 19.9. The zero-order valence-electron chi connectivity index (χ0n) is 15.7. The molecule has 0 aliphatic heterocycles. The molecule has 0 saturated heterocycles. The molecule has 3 rings (SSSR count). The first kappa shape index (κ1) is 18.9. The molecule has 0 atom stereocenters. The molecular weight excluding hydrogens is 358 g/mol. The summed E-state index contributed by atoms with van der Waals surface area (Å²) in [6.45, 7) is 2.33. The summed E-state index contributed by atoms with van der Waals surface area (Å²) in [5.74, 6) is 0.765. The van der Waals surface area contributed by atoms with Gasteiger partial charge in [-0.15, -0.1) is 11.3 Å². The predicted molar refractivity (Wildman–Crippen MR) is 111 cm³/mol. The molecule has 1 aromatic heterocycles. The van der Waals surface area contributed by atoms with E-state index in [0.29, 0.717) is 13.0 Å². The van der Waals surface area contributed by atoms with Crippen LogP contribution in [-0.2, 0) is 17.8 Å². The highest BCUT2D eigenvalue weighted by Crippen LogP contribution is 2.22. The first-order chi connectivity index (χ1) is 13.0. The van der Waals surface area contributed by atoms with E-state index in [4.69, 9.17) is 4.74 Å². The van der Waals surface area contributed by atoms with Gasteiger partial charge in [0.25, 0.3) is 0 Å². The van der Waals surface area contributed by atoms with Crippen LogP contribution in [0.3, 0.4) is 0 Å². The fourth-order valence-corrected chi connectivity index (χ4v) is 3.55. The van der Waals surface area contributed by atoms with Crippen molar-refractivity contribution in [2.24, 2.45) is 0 Å². The van der Waals surface area contributed by atoms with Gasteiger partial charge in [0.2, 0.25) is 5.91 Å². The Morgan fingerprint density at radius 2 is 1.81 bits per heavy atom. The molecule has 5 nitrogen and oxygen atoms in total. The van der Waals surface area contributed by atoms with Gasteiger partial charge < -0.3 is 15.0 Å². The van der Waals surface area contributed by atoms with Crippen LogP contribution in [0, 0.1) is 6.92 Å². The largest absolute Gasteiger partial charge is 0.486 e. The topological polar surface area (TPSA) is 54.5 Å². The second kappa shape index (κ2) is 8.68. The van der Waals surface area contributed by atoms with E-state index in [1.54, 1.807) is 0 Å². The second-order valence-corrected chi connectivity index (χ2v) is 7.55. The van der Waals surface area contributed by atoms with Crippen LogP contribution < -0.4 is 15.0 Å². The maximum atomic E-state index is 12.4. The number of hydrogen-bond acceptors (Lipinski definition) is 5. The number of carbonyl (C=O) groups excluding carboxylic acids is 1. The smallest absolute Gasteiger partial charge is 0.229 e. The van der Waals surface area contributed by atoms with Crippen molar-refractivity contribution in [2.75, 3.05) is 24.3 Å².